The van der Waals surface area contributed by atoms with Crippen LogP contribution >= 0.6 is 11.3 Å². The highest BCUT2D eigenvalue weighted by Crippen LogP contribution is 2.28. The van der Waals surface area contributed by atoms with E-state index >= 15 is 0 Å². The Morgan fingerprint density at radius 2 is 2.14 bits per heavy atom. The molecule has 2 fully saturated rings. The third-order valence-electron chi connectivity index (χ3n) is 4.69. The minimum absolute atomic E-state index is 0.0291. The van der Waals surface area contributed by atoms with Crippen molar-refractivity contribution in [2.45, 2.75) is 43.9 Å². The molecule has 3 heterocycles. The predicted octanol–water partition coefficient (Wildman–Crippen LogP) is -0.932. The second-order valence-corrected chi connectivity index (χ2v) is 7.45. The highest BCUT2D eigenvalue weighted by Gasteiger charge is 2.56. The van der Waals surface area contributed by atoms with Crippen LogP contribution in [0.4, 0.5) is 0 Å². The monoisotopic (exact) mass is 409 g/mol. The van der Waals surface area contributed by atoms with E-state index in [1.807, 2.05) is 10.8 Å². The number of hydrogen-bond donors (Lipinski definition) is 2. The average Bonchev–Trinajstić information content (AvgIpc) is 3.37. The van der Waals surface area contributed by atoms with E-state index in [1.54, 1.807) is 6.07 Å². The largest absolute Gasteiger partial charge is 0.454 e. The van der Waals surface area contributed by atoms with Crippen LogP contribution < -0.4 is 11.1 Å². The number of esters is 1. The van der Waals surface area contributed by atoms with Crippen molar-refractivity contribution in [1.82, 2.24) is 10.4 Å². The number of carbonyl (C=O) groups excluding carboxylic acids is 5. The Hall–Kier alpha value is -2.79. The maximum absolute atomic E-state index is 12.8. The summed E-state index contributed by atoms with van der Waals surface area (Å²) in [6.45, 7) is 0.881. The third-order valence-corrected chi connectivity index (χ3v) is 5.42. The summed E-state index contributed by atoms with van der Waals surface area (Å²) in [4.78, 5) is 66.2. The highest BCUT2D eigenvalue weighted by molar-refractivity contribution is 7.08. The number of thiophene rings is 1. The van der Waals surface area contributed by atoms with Crippen LogP contribution in [-0.2, 0) is 40.0 Å². The Morgan fingerprint density at radius 3 is 2.71 bits per heavy atom. The number of nitrogens with one attached hydrogen (secondary N) is 1. The van der Waals surface area contributed by atoms with Crippen molar-refractivity contribution in [1.29, 1.82) is 0 Å². The van der Waals surface area contributed by atoms with E-state index in [1.165, 1.54) is 11.3 Å². The summed E-state index contributed by atoms with van der Waals surface area (Å²) in [5.74, 6) is -3.72. The van der Waals surface area contributed by atoms with Gasteiger partial charge in [-0.2, -0.15) is 16.4 Å². The van der Waals surface area contributed by atoms with Crippen LogP contribution in [0, 0.1) is 0 Å². The normalized spacial score (nSPS) is 24.0. The smallest absolute Gasteiger partial charge is 0.306 e. The fraction of sp³-hybridized carbons (Fsp3) is 0.471. The van der Waals surface area contributed by atoms with E-state index in [2.05, 4.69) is 5.32 Å². The van der Waals surface area contributed by atoms with Crippen molar-refractivity contribution in [2.24, 2.45) is 5.73 Å². The molecule has 0 radical (unpaired) electrons. The Balaban J connectivity index is 1.71. The zero-order valence-corrected chi connectivity index (χ0v) is 15.8. The highest BCUT2D eigenvalue weighted by atomic mass is 32.1. The molecular weight excluding hydrogens is 390 g/mol. The van der Waals surface area contributed by atoms with Gasteiger partial charge in [-0.3, -0.25) is 28.8 Å². The van der Waals surface area contributed by atoms with Gasteiger partial charge in [-0.15, -0.1) is 0 Å². The Labute approximate surface area is 163 Å². The van der Waals surface area contributed by atoms with Crippen LogP contribution in [-0.4, -0.2) is 58.8 Å². The van der Waals surface area contributed by atoms with Gasteiger partial charge in [0.2, 0.25) is 17.2 Å². The molecule has 1 aromatic rings. The Kier molecular flexibility index (Phi) is 5.47. The fourth-order valence-electron chi connectivity index (χ4n) is 3.05. The molecule has 2 unspecified atom stereocenters. The van der Waals surface area contributed by atoms with Gasteiger partial charge in [0.05, 0.1) is 6.42 Å². The lowest BCUT2D eigenvalue weighted by Crippen LogP contribution is -2.64. The summed E-state index contributed by atoms with van der Waals surface area (Å²) < 4.78 is 4.91. The molecule has 2 aliphatic heterocycles. The maximum atomic E-state index is 12.8. The molecule has 0 aliphatic carbocycles. The van der Waals surface area contributed by atoms with Crippen molar-refractivity contribution in [3.05, 3.63) is 22.4 Å². The number of hydroxylamine groups is 2. The van der Waals surface area contributed by atoms with Gasteiger partial charge < -0.3 is 15.8 Å². The van der Waals surface area contributed by atoms with Gasteiger partial charge >= 0.3 is 5.97 Å². The molecule has 0 saturated carbocycles. The molecule has 2 aliphatic rings. The standard InChI is InChI=1S/C17H19N3O7S/c1-17(16(18)25,14(23)11-2-3-13(22)27-11)20-15(24)10(7-26-20)19-12(21)6-9-4-5-28-8-9/h4-5,8,10-11H,2-3,6-7H2,1H3,(H2,18,25)(H,19,21)/t10-,11?,17?/m0/s1. The molecule has 3 rings (SSSR count). The number of rotatable bonds is 7. The van der Waals surface area contributed by atoms with Crippen molar-refractivity contribution >= 4 is 40.8 Å². The van der Waals surface area contributed by atoms with Crippen LogP contribution in [0.1, 0.15) is 25.3 Å². The summed E-state index contributed by atoms with van der Waals surface area (Å²) in [5, 5.41) is 6.74. The number of Topliss-reactive ketones (excluding diaryl/α,β-unsaturated/α-hetero) is 1. The lowest BCUT2D eigenvalue weighted by atomic mass is 9.90. The fourth-order valence-corrected chi connectivity index (χ4v) is 3.72. The molecule has 2 saturated heterocycles. The molecule has 28 heavy (non-hydrogen) atoms. The Bertz CT molecular complexity index is 825. The SMILES string of the molecule is CC(C(N)=O)(C(=O)C1CCC(=O)O1)N1OC[C@H](NC(=O)Cc2ccsc2)C1=O. The first kappa shape index (κ1) is 20.0. The van der Waals surface area contributed by atoms with Crippen LogP contribution in [0.5, 0.6) is 0 Å². The number of nitrogens with zero attached hydrogens (tertiary/aromatic N) is 1. The Morgan fingerprint density at radius 1 is 1.39 bits per heavy atom. The van der Waals surface area contributed by atoms with Gasteiger partial charge in [0, 0.05) is 12.8 Å². The lowest BCUT2D eigenvalue weighted by molar-refractivity contribution is -0.200. The van der Waals surface area contributed by atoms with Crippen LogP contribution in [0.15, 0.2) is 16.8 Å². The number of ketones is 1. The molecular formula is C17H19N3O7S. The number of ether oxygens (including phenoxy) is 1. The molecule has 0 spiro atoms. The van der Waals surface area contributed by atoms with Crippen molar-refractivity contribution in [3.63, 3.8) is 0 Å². The summed E-state index contributed by atoms with van der Waals surface area (Å²) in [6, 6.07) is 0.721. The molecule has 3 N–H and O–H groups in total. The second kappa shape index (κ2) is 7.68. The number of hydrogen-bond acceptors (Lipinski definition) is 8. The second-order valence-electron chi connectivity index (χ2n) is 6.67. The minimum atomic E-state index is -2.17. The first-order valence-corrected chi connectivity index (χ1v) is 9.49. The molecule has 3 atom stereocenters. The van der Waals surface area contributed by atoms with E-state index in [0.29, 0.717) is 5.06 Å². The molecule has 11 heteroatoms. The van der Waals surface area contributed by atoms with Crippen molar-refractivity contribution in [3.8, 4) is 0 Å². The first-order chi connectivity index (χ1) is 13.2. The van der Waals surface area contributed by atoms with Crippen LogP contribution in [0.2, 0.25) is 0 Å². The third kappa shape index (κ3) is 3.62. The van der Waals surface area contributed by atoms with Gasteiger partial charge in [-0.25, -0.2) is 0 Å². The predicted molar refractivity (Wildman–Crippen MR) is 94.5 cm³/mol. The van der Waals surface area contributed by atoms with Crippen LogP contribution in [0.25, 0.3) is 0 Å². The summed E-state index contributed by atoms with van der Waals surface area (Å²) >= 11 is 1.44. The van der Waals surface area contributed by atoms with Gasteiger partial charge in [0.25, 0.3) is 11.8 Å². The van der Waals surface area contributed by atoms with E-state index in [-0.39, 0.29) is 25.9 Å². The number of carbonyl (C=O) groups is 5. The van der Waals surface area contributed by atoms with Gasteiger partial charge in [0.1, 0.15) is 12.6 Å². The van der Waals surface area contributed by atoms with E-state index < -0.39 is 47.2 Å². The molecule has 0 aromatic carbocycles. The maximum Gasteiger partial charge on any atom is 0.306 e. The molecule has 3 amide bonds. The lowest BCUT2D eigenvalue weighted by Gasteiger charge is -2.33. The van der Waals surface area contributed by atoms with Gasteiger partial charge in [-0.05, 0) is 29.3 Å². The summed E-state index contributed by atoms with van der Waals surface area (Å²) in [5.41, 5.74) is 4.02. The zero-order chi connectivity index (χ0) is 20.5. The number of amides is 3. The van der Waals surface area contributed by atoms with Crippen molar-refractivity contribution in [2.75, 3.05) is 6.61 Å². The molecule has 1 aromatic heterocycles. The van der Waals surface area contributed by atoms with Gasteiger partial charge in [-0.1, -0.05) is 0 Å². The molecule has 0 bridgehead atoms. The quantitative estimate of drug-likeness (QED) is 0.437. The molecule has 10 nitrogen and oxygen atoms in total. The van der Waals surface area contributed by atoms with Crippen molar-refractivity contribution < 1.29 is 33.5 Å². The topological polar surface area (TPSA) is 145 Å². The number of cyclic esters (lactones) is 1. The minimum Gasteiger partial charge on any atom is -0.454 e. The number of primary amides is 1. The number of nitrogens with two attached hydrogens (primary N) is 1. The van der Waals surface area contributed by atoms with E-state index in [4.69, 9.17) is 15.3 Å². The summed E-state index contributed by atoms with van der Waals surface area (Å²) in [6.07, 6.45) is -0.990. The average molecular weight is 409 g/mol. The zero-order valence-electron chi connectivity index (χ0n) is 15.0. The van der Waals surface area contributed by atoms with E-state index in [9.17, 15) is 24.0 Å². The van der Waals surface area contributed by atoms with Crippen LogP contribution in [0.3, 0.4) is 0 Å². The molecule has 150 valence electrons. The van der Waals surface area contributed by atoms with E-state index in [0.717, 1.165) is 12.5 Å². The van der Waals surface area contributed by atoms with Gasteiger partial charge in [0.15, 0.2) is 6.10 Å². The first-order valence-electron chi connectivity index (χ1n) is 8.54. The summed E-state index contributed by atoms with van der Waals surface area (Å²) in [7, 11) is 0.